The van der Waals surface area contributed by atoms with Crippen LogP contribution in [0.2, 0.25) is 0 Å². The van der Waals surface area contributed by atoms with Crippen LogP contribution in [0.4, 0.5) is 5.82 Å². The molecule has 1 atom stereocenters. The average Bonchev–Trinajstić information content (AvgIpc) is 2.82. The maximum atomic E-state index is 6.05. The van der Waals surface area contributed by atoms with Gasteiger partial charge in [-0.05, 0) is 44.3 Å². The van der Waals surface area contributed by atoms with Gasteiger partial charge in [-0.15, -0.1) is 0 Å². The Kier molecular flexibility index (Phi) is 2.75. The Morgan fingerprint density at radius 1 is 1.12 bits per heavy atom. The smallest absolute Gasteiger partial charge is 0.143 e. The molecule has 16 heavy (non-hydrogen) atoms. The summed E-state index contributed by atoms with van der Waals surface area (Å²) in [5, 5.41) is 0.495. The SMILES string of the molecule is Nc1nc(C2CCCS2)nc2c1CCCC2. The van der Waals surface area contributed by atoms with E-state index in [0.29, 0.717) is 5.25 Å². The maximum Gasteiger partial charge on any atom is 0.143 e. The van der Waals surface area contributed by atoms with E-state index in [0.717, 1.165) is 24.5 Å². The number of anilines is 1. The van der Waals surface area contributed by atoms with Crippen molar-refractivity contribution in [3.05, 3.63) is 17.1 Å². The molecule has 0 bridgehead atoms. The van der Waals surface area contributed by atoms with Gasteiger partial charge in [-0.25, -0.2) is 9.97 Å². The van der Waals surface area contributed by atoms with Crippen LogP contribution in [0.1, 0.15) is 48.0 Å². The average molecular weight is 235 g/mol. The number of nitrogens with two attached hydrogens (primary N) is 1. The van der Waals surface area contributed by atoms with Crippen LogP contribution in [0.3, 0.4) is 0 Å². The highest BCUT2D eigenvalue weighted by molar-refractivity contribution is 7.99. The second kappa shape index (κ2) is 4.24. The summed E-state index contributed by atoms with van der Waals surface area (Å²) in [5.41, 5.74) is 8.49. The maximum absolute atomic E-state index is 6.05. The monoisotopic (exact) mass is 235 g/mol. The molecule has 4 heteroatoms. The molecule has 0 radical (unpaired) electrons. The lowest BCUT2D eigenvalue weighted by molar-refractivity contribution is 0.651. The van der Waals surface area contributed by atoms with Gasteiger partial charge in [-0.1, -0.05) is 0 Å². The number of thioether (sulfide) groups is 1. The van der Waals surface area contributed by atoms with Crippen LogP contribution in [0.5, 0.6) is 0 Å². The van der Waals surface area contributed by atoms with Crippen molar-refractivity contribution in [1.29, 1.82) is 0 Å². The molecule has 3 nitrogen and oxygen atoms in total. The van der Waals surface area contributed by atoms with E-state index in [-0.39, 0.29) is 0 Å². The molecule has 0 spiro atoms. The van der Waals surface area contributed by atoms with Crippen molar-refractivity contribution in [3.63, 3.8) is 0 Å². The lowest BCUT2D eigenvalue weighted by Crippen LogP contribution is -2.14. The van der Waals surface area contributed by atoms with Gasteiger partial charge in [0.05, 0.1) is 5.25 Å². The van der Waals surface area contributed by atoms with Gasteiger partial charge in [0.2, 0.25) is 0 Å². The van der Waals surface area contributed by atoms with Crippen molar-refractivity contribution in [2.24, 2.45) is 0 Å². The standard InChI is InChI=1S/C12H17N3S/c13-11-8-4-1-2-5-9(8)14-12(15-11)10-6-3-7-16-10/h10H,1-7H2,(H2,13,14,15). The molecular formula is C12H17N3S. The van der Waals surface area contributed by atoms with E-state index in [1.54, 1.807) is 0 Å². The minimum absolute atomic E-state index is 0.495. The summed E-state index contributed by atoms with van der Waals surface area (Å²) in [6, 6.07) is 0. The third-order valence-electron chi connectivity index (χ3n) is 3.45. The minimum Gasteiger partial charge on any atom is -0.383 e. The first-order valence-electron chi connectivity index (χ1n) is 6.11. The van der Waals surface area contributed by atoms with Gasteiger partial charge in [-0.3, -0.25) is 0 Å². The topological polar surface area (TPSA) is 51.8 Å². The molecule has 0 saturated carbocycles. The molecule has 1 fully saturated rings. The van der Waals surface area contributed by atoms with Crippen LogP contribution in [0.25, 0.3) is 0 Å². The molecule has 2 heterocycles. The van der Waals surface area contributed by atoms with Crippen molar-refractivity contribution >= 4 is 17.6 Å². The third kappa shape index (κ3) is 1.79. The summed E-state index contributed by atoms with van der Waals surface area (Å²) in [5.74, 6) is 2.97. The molecule has 1 aromatic heterocycles. The zero-order valence-corrected chi connectivity index (χ0v) is 10.2. The number of fused-ring (bicyclic) bond motifs is 1. The summed E-state index contributed by atoms with van der Waals surface area (Å²) in [6.45, 7) is 0. The molecule has 1 aliphatic carbocycles. The van der Waals surface area contributed by atoms with Gasteiger partial charge in [0.1, 0.15) is 11.6 Å². The van der Waals surface area contributed by atoms with Crippen molar-refractivity contribution in [2.75, 3.05) is 11.5 Å². The molecule has 3 rings (SSSR count). The lowest BCUT2D eigenvalue weighted by atomic mass is 9.96. The van der Waals surface area contributed by atoms with Gasteiger partial charge in [0.25, 0.3) is 0 Å². The number of aryl methyl sites for hydroxylation is 1. The Morgan fingerprint density at radius 2 is 2.00 bits per heavy atom. The summed E-state index contributed by atoms with van der Waals surface area (Å²) in [7, 11) is 0. The summed E-state index contributed by atoms with van der Waals surface area (Å²) >= 11 is 1.97. The van der Waals surface area contributed by atoms with Crippen molar-refractivity contribution in [1.82, 2.24) is 9.97 Å². The fourth-order valence-corrected chi connectivity index (χ4v) is 3.77. The van der Waals surface area contributed by atoms with Gasteiger partial charge in [-0.2, -0.15) is 11.8 Å². The molecule has 2 N–H and O–H groups in total. The quantitative estimate of drug-likeness (QED) is 0.812. The number of nitrogen functional groups attached to an aromatic ring is 1. The molecular weight excluding hydrogens is 218 g/mol. The van der Waals surface area contributed by atoms with Crippen LogP contribution in [0.15, 0.2) is 0 Å². The van der Waals surface area contributed by atoms with E-state index in [1.165, 1.54) is 42.7 Å². The van der Waals surface area contributed by atoms with Gasteiger partial charge < -0.3 is 5.73 Å². The zero-order chi connectivity index (χ0) is 11.0. The van der Waals surface area contributed by atoms with E-state index in [4.69, 9.17) is 10.7 Å². The Hall–Kier alpha value is -0.770. The molecule has 1 saturated heterocycles. The first-order valence-corrected chi connectivity index (χ1v) is 7.16. The normalized spacial score (nSPS) is 24.4. The van der Waals surface area contributed by atoms with Crippen LogP contribution in [0, 0.1) is 0 Å². The fraction of sp³-hybridized carbons (Fsp3) is 0.667. The molecule has 2 aliphatic rings. The fourth-order valence-electron chi connectivity index (χ4n) is 2.57. The van der Waals surface area contributed by atoms with Gasteiger partial charge >= 0.3 is 0 Å². The van der Waals surface area contributed by atoms with Crippen molar-refractivity contribution in [3.8, 4) is 0 Å². The third-order valence-corrected chi connectivity index (χ3v) is 4.82. The predicted molar refractivity (Wildman–Crippen MR) is 67.5 cm³/mol. The summed E-state index contributed by atoms with van der Waals surface area (Å²) in [4.78, 5) is 9.26. The predicted octanol–water partition coefficient (Wildman–Crippen LogP) is 2.51. The molecule has 0 aromatic carbocycles. The van der Waals surface area contributed by atoms with Crippen LogP contribution < -0.4 is 5.73 Å². The minimum atomic E-state index is 0.495. The Morgan fingerprint density at radius 3 is 2.81 bits per heavy atom. The van der Waals surface area contributed by atoms with E-state index < -0.39 is 0 Å². The van der Waals surface area contributed by atoms with E-state index >= 15 is 0 Å². The Labute approximate surface area is 100 Å². The number of rotatable bonds is 1. The number of hydrogen-bond acceptors (Lipinski definition) is 4. The van der Waals surface area contributed by atoms with Crippen LogP contribution in [-0.4, -0.2) is 15.7 Å². The molecule has 86 valence electrons. The molecule has 1 aliphatic heterocycles. The largest absolute Gasteiger partial charge is 0.383 e. The van der Waals surface area contributed by atoms with E-state index in [1.807, 2.05) is 11.8 Å². The van der Waals surface area contributed by atoms with Gasteiger partial charge in [0.15, 0.2) is 0 Å². The number of hydrogen-bond donors (Lipinski definition) is 1. The summed E-state index contributed by atoms with van der Waals surface area (Å²) < 4.78 is 0. The van der Waals surface area contributed by atoms with Crippen LogP contribution >= 0.6 is 11.8 Å². The van der Waals surface area contributed by atoms with Crippen molar-refractivity contribution in [2.45, 2.75) is 43.8 Å². The second-order valence-corrected chi connectivity index (χ2v) is 5.91. The summed E-state index contributed by atoms with van der Waals surface area (Å²) in [6.07, 6.45) is 7.14. The Balaban J connectivity index is 1.97. The molecule has 0 amide bonds. The highest BCUT2D eigenvalue weighted by Gasteiger charge is 2.23. The van der Waals surface area contributed by atoms with E-state index in [9.17, 15) is 0 Å². The second-order valence-electron chi connectivity index (χ2n) is 4.60. The van der Waals surface area contributed by atoms with Crippen LogP contribution in [-0.2, 0) is 12.8 Å². The number of aromatic nitrogens is 2. The lowest BCUT2D eigenvalue weighted by Gasteiger charge is -2.18. The van der Waals surface area contributed by atoms with E-state index in [2.05, 4.69) is 4.98 Å². The number of nitrogens with zero attached hydrogens (tertiary/aromatic N) is 2. The zero-order valence-electron chi connectivity index (χ0n) is 9.41. The highest BCUT2D eigenvalue weighted by atomic mass is 32.2. The highest BCUT2D eigenvalue weighted by Crippen LogP contribution is 2.39. The van der Waals surface area contributed by atoms with Gasteiger partial charge in [0, 0.05) is 11.3 Å². The van der Waals surface area contributed by atoms with Crippen molar-refractivity contribution < 1.29 is 0 Å². The Bertz CT molecular complexity index is 399. The molecule has 1 aromatic rings. The first-order chi connectivity index (χ1) is 7.84. The first kappa shape index (κ1) is 10.4. The molecule has 1 unspecified atom stereocenters.